The molecule has 3 N–H and O–H groups in total. The van der Waals surface area contributed by atoms with Gasteiger partial charge >= 0.3 is 0 Å². The lowest BCUT2D eigenvalue weighted by molar-refractivity contribution is 0.0959. The molecule has 0 saturated heterocycles. The number of rotatable bonds is 4. The zero-order valence-electron chi connectivity index (χ0n) is 15.1. The minimum atomic E-state index is -0.313. The molecule has 2 aromatic heterocycles. The lowest BCUT2D eigenvalue weighted by Gasteiger charge is -2.27. The van der Waals surface area contributed by atoms with Crippen molar-refractivity contribution in [3.63, 3.8) is 0 Å². The van der Waals surface area contributed by atoms with Crippen LogP contribution in [0.2, 0.25) is 0 Å². The number of thiazole rings is 1. The fourth-order valence-corrected chi connectivity index (χ4v) is 4.50. The van der Waals surface area contributed by atoms with Crippen molar-refractivity contribution in [2.24, 2.45) is 0 Å². The molecule has 3 aromatic rings. The second-order valence-corrected chi connectivity index (χ2v) is 7.81. The van der Waals surface area contributed by atoms with E-state index in [0.717, 1.165) is 52.2 Å². The summed E-state index contributed by atoms with van der Waals surface area (Å²) in [6.07, 6.45) is 5.33. The molecule has 1 aliphatic rings. The monoisotopic (exact) mass is 382 g/mol. The summed E-state index contributed by atoms with van der Waals surface area (Å²) in [7, 11) is 1.60. The van der Waals surface area contributed by atoms with Crippen LogP contribution >= 0.6 is 11.3 Å². The number of aliphatic hydroxyl groups excluding tert-OH is 1. The van der Waals surface area contributed by atoms with Gasteiger partial charge in [0.25, 0.3) is 5.91 Å². The molecule has 0 spiro atoms. The number of fused-ring (bicyclic) bond motifs is 1. The van der Waals surface area contributed by atoms with Crippen molar-refractivity contribution in [2.75, 3.05) is 12.4 Å². The molecule has 1 fully saturated rings. The number of carbonyl (C=O) groups is 1. The Bertz CT molecular complexity index is 972. The summed E-state index contributed by atoms with van der Waals surface area (Å²) < 4.78 is 1.03. The molecule has 6 nitrogen and oxygen atoms in total. The third-order valence-corrected chi connectivity index (χ3v) is 5.94. The maximum absolute atomic E-state index is 12.1. The van der Waals surface area contributed by atoms with Gasteiger partial charge in [0.2, 0.25) is 0 Å². The molecule has 1 amide bonds. The SMILES string of the molecule is CNC(=O)c1ncccc1-c1ccc2nc(N[C@@H]3CCCC[C@H]3O)sc2c1. The highest BCUT2D eigenvalue weighted by molar-refractivity contribution is 7.22. The van der Waals surface area contributed by atoms with Crippen LogP contribution in [0.4, 0.5) is 5.13 Å². The van der Waals surface area contributed by atoms with E-state index in [2.05, 4.69) is 20.6 Å². The van der Waals surface area contributed by atoms with Gasteiger partial charge in [-0.05, 0) is 36.6 Å². The van der Waals surface area contributed by atoms with E-state index in [0.29, 0.717) is 5.69 Å². The third kappa shape index (κ3) is 3.65. The topological polar surface area (TPSA) is 87.1 Å². The maximum Gasteiger partial charge on any atom is 0.270 e. The van der Waals surface area contributed by atoms with Gasteiger partial charge in [0.15, 0.2) is 5.13 Å². The van der Waals surface area contributed by atoms with Gasteiger partial charge in [-0.25, -0.2) is 4.98 Å². The first-order chi connectivity index (χ1) is 13.2. The van der Waals surface area contributed by atoms with Crippen LogP contribution in [0, 0.1) is 0 Å². The van der Waals surface area contributed by atoms with E-state index in [4.69, 9.17) is 0 Å². The number of aliphatic hydroxyl groups is 1. The molecule has 27 heavy (non-hydrogen) atoms. The average molecular weight is 382 g/mol. The van der Waals surface area contributed by atoms with Crippen LogP contribution < -0.4 is 10.6 Å². The second kappa shape index (κ2) is 7.62. The summed E-state index contributed by atoms with van der Waals surface area (Å²) in [6, 6.07) is 9.76. The van der Waals surface area contributed by atoms with Crippen LogP contribution in [0.15, 0.2) is 36.5 Å². The number of amides is 1. The van der Waals surface area contributed by atoms with Crippen molar-refractivity contribution in [3.05, 3.63) is 42.2 Å². The molecule has 2 heterocycles. The highest BCUT2D eigenvalue weighted by Crippen LogP contribution is 2.33. The summed E-state index contributed by atoms with van der Waals surface area (Å²) in [5, 5.41) is 17.0. The number of benzene rings is 1. The maximum atomic E-state index is 12.1. The summed E-state index contributed by atoms with van der Waals surface area (Å²) in [6.45, 7) is 0. The van der Waals surface area contributed by atoms with Gasteiger partial charge in [-0.1, -0.05) is 36.3 Å². The molecular weight excluding hydrogens is 360 g/mol. The van der Waals surface area contributed by atoms with Crippen LogP contribution in [0.5, 0.6) is 0 Å². The fraction of sp³-hybridized carbons (Fsp3) is 0.350. The van der Waals surface area contributed by atoms with Crippen LogP contribution in [-0.2, 0) is 0 Å². The predicted octanol–water partition coefficient (Wildman–Crippen LogP) is 3.43. The largest absolute Gasteiger partial charge is 0.391 e. The normalized spacial score (nSPS) is 19.8. The van der Waals surface area contributed by atoms with E-state index >= 15 is 0 Å². The van der Waals surface area contributed by atoms with Crippen LogP contribution in [0.1, 0.15) is 36.2 Å². The molecule has 1 aromatic carbocycles. The van der Waals surface area contributed by atoms with Gasteiger partial charge in [0, 0.05) is 18.8 Å². The number of carbonyl (C=O) groups excluding carboxylic acids is 1. The highest BCUT2D eigenvalue weighted by atomic mass is 32.1. The smallest absolute Gasteiger partial charge is 0.270 e. The van der Waals surface area contributed by atoms with Crippen LogP contribution in [0.25, 0.3) is 21.3 Å². The number of hydrogen-bond donors (Lipinski definition) is 3. The van der Waals surface area contributed by atoms with Crippen molar-refractivity contribution >= 4 is 32.6 Å². The Morgan fingerprint density at radius 1 is 1.26 bits per heavy atom. The lowest BCUT2D eigenvalue weighted by Crippen LogP contribution is -2.36. The number of anilines is 1. The highest BCUT2D eigenvalue weighted by Gasteiger charge is 2.23. The number of aromatic nitrogens is 2. The number of hydrogen-bond acceptors (Lipinski definition) is 6. The lowest BCUT2D eigenvalue weighted by atomic mass is 9.93. The Kier molecular flexibility index (Phi) is 5.05. The van der Waals surface area contributed by atoms with Crippen molar-refractivity contribution < 1.29 is 9.90 Å². The van der Waals surface area contributed by atoms with Gasteiger partial charge < -0.3 is 15.7 Å². The Hall–Kier alpha value is -2.51. The van der Waals surface area contributed by atoms with Crippen LogP contribution in [-0.4, -0.2) is 40.2 Å². The van der Waals surface area contributed by atoms with E-state index in [1.165, 1.54) is 0 Å². The Balaban J connectivity index is 1.65. The van der Waals surface area contributed by atoms with Gasteiger partial charge in [-0.15, -0.1) is 0 Å². The Morgan fingerprint density at radius 2 is 2.11 bits per heavy atom. The van der Waals surface area contributed by atoms with E-state index < -0.39 is 0 Å². The third-order valence-electron chi connectivity index (χ3n) is 4.99. The van der Waals surface area contributed by atoms with Crippen LogP contribution in [0.3, 0.4) is 0 Å². The minimum Gasteiger partial charge on any atom is -0.391 e. The molecule has 1 aliphatic carbocycles. The van der Waals surface area contributed by atoms with E-state index in [-0.39, 0.29) is 18.1 Å². The van der Waals surface area contributed by atoms with Crippen molar-refractivity contribution in [2.45, 2.75) is 37.8 Å². The molecule has 0 unspecified atom stereocenters. The molecule has 1 saturated carbocycles. The first-order valence-corrected chi connectivity index (χ1v) is 10.00. The molecule has 0 bridgehead atoms. The number of pyridine rings is 1. The zero-order valence-corrected chi connectivity index (χ0v) is 15.9. The van der Waals surface area contributed by atoms with Gasteiger partial charge in [-0.2, -0.15) is 0 Å². The van der Waals surface area contributed by atoms with E-state index in [1.807, 2.05) is 30.3 Å². The summed E-state index contributed by atoms with van der Waals surface area (Å²) >= 11 is 1.57. The van der Waals surface area contributed by atoms with Crippen molar-refractivity contribution in [1.82, 2.24) is 15.3 Å². The fourth-order valence-electron chi connectivity index (χ4n) is 3.53. The van der Waals surface area contributed by atoms with Crippen molar-refractivity contribution in [1.29, 1.82) is 0 Å². The summed E-state index contributed by atoms with van der Waals surface area (Å²) in [5.74, 6) is -0.205. The minimum absolute atomic E-state index is 0.0666. The standard InChI is InChI=1S/C20H22N4O2S/c1-21-19(26)18-13(5-4-10-22-18)12-8-9-15-17(11-12)27-20(24-15)23-14-6-2-3-7-16(14)25/h4-5,8-11,14,16,25H,2-3,6-7H2,1H3,(H,21,26)(H,23,24)/t14-,16-/m1/s1. The molecule has 140 valence electrons. The molecule has 7 heteroatoms. The second-order valence-electron chi connectivity index (χ2n) is 6.78. The summed E-state index contributed by atoms with van der Waals surface area (Å²) in [5.41, 5.74) is 3.04. The first kappa shape index (κ1) is 17.9. The molecule has 4 rings (SSSR count). The quantitative estimate of drug-likeness (QED) is 0.643. The zero-order chi connectivity index (χ0) is 18.8. The number of nitrogens with zero attached hydrogens (tertiary/aromatic N) is 2. The average Bonchev–Trinajstić information content (AvgIpc) is 3.10. The Morgan fingerprint density at radius 3 is 2.93 bits per heavy atom. The van der Waals surface area contributed by atoms with E-state index in [9.17, 15) is 9.90 Å². The molecular formula is C20H22N4O2S. The Labute approximate surface area is 161 Å². The molecule has 2 atom stereocenters. The summed E-state index contributed by atoms with van der Waals surface area (Å²) in [4.78, 5) is 21.0. The predicted molar refractivity (Wildman–Crippen MR) is 108 cm³/mol. The number of nitrogens with one attached hydrogen (secondary N) is 2. The van der Waals surface area contributed by atoms with Gasteiger partial charge in [0.1, 0.15) is 5.69 Å². The molecule has 0 radical (unpaired) electrons. The molecule has 0 aliphatic heterocycles. The first-order valence-electron chi connectivity index (χ1n) is 9.18. The van der Waals surface area contributed by atoms with Gasteiger partial charge in [0.05, 0.1) is 22.4 Å². The van der Waals surface area contributed by atoms with Gasteiger partial charge in [-0.3, -0.25) is 9.78 Å². The van der Waals surface area contributed by atoms with Crippen molar-refractivity contribution in [3.8, 4) is 11.1 Å². The van der Waals surface area contributed by atoms with E-state index in [1.54, 1.807) is 24.6 Å².